The fourth-order valence-electron chi connectivity index (χ4n) is 2.03. The van der Waals surface area contributed by atoms with Gasteiger partial charge < -0.3 is 14.2 Å². The molecular weight excluding hydrogens is 280 g/mol. The Morgan fingerprint density at radius 2 is 1.77 bits per heavy atom. The van der Waals surface area contributed by atoms with Crippen LogP contribution in [0.5, 0.6) is 0 Å². The van der Waals surface area contributed by atoms with Crippen molar-refractivity contribution in [1.82, 2.24) is 0 Å². The number of hydrogen-bond donors (Lipinski definition) is 0. The minimum absolute atomic E-state index is 0.137. The molecule has 22 heavy (non-hydrogen) atoms. The summed E-state index contributed by atoms with van der Waals surface area (Å²) < 4.78 is 16.0. The standard InChI is InChI=1S/C18H24O4/c1-5-7-9-11-13-18(22-14-12-10-8-6-2)16(19)15(20-3)17(18)21-4/h5-9,14H2,1-4H3. The number of unbranched alkanes of at least 4 members (excludes halogenated alkanes) is 3. The van der Waals surface area contributed by atoms with E-state index >= 15 is 0 Å². The Morgan fingerprint density at radius 1 is 1.00 bits per heavy atom. The molecule has 0 aromatic heterocycles. The van der Waals surface area contributed by atoms with Crippen LogP contribution in [0.4, 0.5) is 0 Å². The van der Waals surface area contributed by atoms with E-state index in [4.69, 9.17) is 14.2 Å². The molecule has 1 atom stereocenters. The first-order valence-corrected chi connectivity index (χ1v) is 7.65. The molecule has 4 nitrogen and oxygen atoms in total. The summed E-state index contributed by atoms with van der Waals surface area (Å²) in [6, 6.07) is 0. The highest BCUT2D eigenvalue weighted by molar-refractivity contribution is 6.12. The van der Waals surface area contributed by atoms with E-state index in [1.165, 1.54) is 14.2 Å². The SMILES string of the molecule is CCCC#CCOC1(C#CCCCC)C(=O)C(OC)=C1OC. The van der Waals surface area contributed by atoms with Gasteiger partial charge in [0.05, 0.1) is 14.2 Å². The van der Waals surface area contributed by atoms with E-state index in [-0.39, 0.29) is 18.1 Å². The summed E-state index contributed by atoms with van der Waals surface area (Å²) in [7, 11) is 2.91. The molecular formula is C18H24O4. The highest BCUT2D eigenvalue weighted by Crippen LogP contribution is 2.38. The quantitative estimate of drug-likeness (QED) is 0.536. The van der Waals surface area contributed by atoms with Gasteiger partial charge in [-0.1, -0.05) is 38.0 Å². The third-order valence-electron chi connectivity index (χ3n) is 3.24. The van der Waals surface area contributed by atoms with Crippen molar-refractivity contribution in [2.75, 3.05) is 20.8 Å². The molecule has 0 saturated heterocycles. The second-order valence-corrected chi connectivity index (χ2v) is 4.87. The van der Waals surface area contributed by atoms with Gasteiger partial charge in [0.1, 0.15) is 6.61 Å². The molecule has 1 aliphatic rings. The Bertz CT molecular complexity index is 539. The summed E-state index contributed by atoms with van der Waals surface area (Å²) in [6.07, 6.45) is 4.55. The highest BCUT2D eigenvalue weighted by Gasteiger charge is 2.58. The molecule has 0 aliphatic heterocycles. The van der Waals surface area contributed by atoms with Crippen molar-refractivity contribution in [3.05, 3.63) is 11.5 Å². The fourth-order valence-corrected chi connectivity index (χ4v) is 2.03. The molecule has 0 amide bonds. The lowest BCUT2D eigenvalue weighted by Gasteiger charge is -2.36. The van der Waals surface area contributed by atoms with Crippen LogP contribution in [-0.2, 0) is 19.0 Å². The first kappa shape index (κ1) is 18.1. The minimum atomic E-state index is -1.35. The molecule has 0 spiro atoms. The van der Waals surface area contributed by atoms with Crippen molar-refractivity contribution in [2.45, 2.75) is 51.6 Å². The Morgan fingerprint density at radius 3 is 2.36 bits per heavy atom. The Kier molecular flexibility index (Phi) is 7.57. The van der Waals surface area contributed by atoms with E-state index < -0.39 is 5.60 Å². The minimum Gasteiger partial charge on any atom is -0.493 e. The monoisotopic (exact) mass is 304 g/mol. The van der Waals surface area contributed by atoms with Crippen LogP contribution in [0.2, 0.25) is 0 Å². The molecule has 0 aromatic carbocycles. The van der Waals surface area contributed by atoms with Gasteiger partial charge in [0.25, 0.3) is 11.4 Å². The van der Waals surface area contributed by atoms with E-state index in [1.807, 2.05) is 0 Å². The normalized spacial score (nSPS) is 19.5. The van der Waals surface area contributed by atoms with E-state index in [0.29, 0.717) is 5.76 Å². The molecule has 0 aromatic rings. The lowest BCUT2D eigenvalue weighted by molar-refractivity contribution is -0.143. The summed E-state index contributed by atoms with van der Waals surface area (Å²) in [6.45, 7) is 4.29. The molecule has 0 bridgehead atoms. The number of carbonyl (C=O) groups excluding carboxylic acids is 1. The molecule has 1 rings (SSSR count). The highest BCUT2D eigenvalue weighted by atomic mass is 16.6. The van der Waals surface area contributed by atoms with Crippen LogP contribution in [0.15, 0.2) is 11.5 Å². The Balaban J connectivity index is 2.92. The summed E-state index contributed by atoms with van der Waals surface area (Å²) in [5, 5.41) is 0. The molecule has 1 unspecified atom stereocenters. The van der Waals surface area contributed by atoms with Gasteiger partial charge in [-0.25, -0.2) is 0 Å². The number of methoxy groups -OCH3 is 2. The molecule has 0 heterocycles. The van der Waals surface area contributed by atoms with Gasteiger partial charge in [0, 0.05) is 12.8 Å². The summed E-state index contributed by atoms with van der Waals surface area (Å²) >= 11 is 0. The zero-order chi connectivity index (χ0) is 16.4. The summed E-state index contributed by atoms with van der Waals surface area (Å²) in [5.41, 5.74) is -1.35. The first-order valence-electron chi connectivity index (χ1n) is 7.65. The number of Topliss-reactive ketones (excluding diaryl/α,β-unsaturated/α-hetero) is 1. The zero-order valence-corrected chi connectivity index (χ0v) is 13.9. The van der Waals surface area contributed by atoms with Gasteiger partial charge in [-0.2, -0.15) is 0 Å². The van der Waals surface area contributed by atoms with Gasteiger partial charge in [0.2, 0.25) is 5.76 Å². The lowest BCUT2D eigenvalue weighted by Crippen LogP contribution is -2.53. The number of ketones is 1. The number of carbonyl (C=O) groups is 1. The van der Waals surface area contributed by atoms with Crippen LogP contribution in [0.25, 0.3) is 0 Å². The van der Waals surface area contributed by atoms with Gasteiger partial charge in [-0.3, -0.25) is 4.79 Å². The fraction of sp³-hybridized carbons (Fsp3) is 0.611. The van der Waals surface area contributed by atoms with Crippen molar-refractivity contribution in [2.24, 2.45) is 0 Å². The van der Waals surface area contributed by atoms with E-state index in [9.17, 15) is 4.79 Å². The van der Waals surface area contributed by atoms with Crippen molar-refractivity contribution in [1.29, 1.82) is 0 Å². The lowest BCUT2D eigenvalue weighted by atomic mass is 9.83. The second-order valence-electron chi connectivity index (χ2n) is 4.87. The predicted molar refractivity (Wildman–Crippen MR) is 84.7 cm³/mol. The average molecular weight is 304 g/mol. The third-order valence-corrected chi connectivity index (χ3v) is 3.24. The van der Waals surface area contributed by atoms with Gasteiger partial charge in [0.15, 0.2) is 5.76 Å². The van der Waals surface area contributed by atoms with Crippen LogP contribution in [0.1, 0.15) is 46.0 Å². The number of rotatable bonds is 7. The first-order chi connectivity index (χ1) is 10.7. The molecule has 0 N–H and O–H groups in total. The van der Waals surface area contributed by atoms with E-state index in [1.54, 1.807) is 0 Å². The molecule has 0 saturated carbocycles. The average Bonchev–Trinajstić information content (AvgIpc) is 2.53. The van der Waals surface area contributed by atoms with Crippen LogP contribution in [-0.4, -0.2) is 32.2 Å². The summed E-state index contributed by atoms with van der Waals surface area (Å²) in [5.74, 6) is 12.0. The van der Waals surface area contributed by atoms with E-state index in [2.05, 4.69) is 37.5 Å². The largest absolute Gasteiger partial charge is 0.493 e. The molecule has 4 heteroatoms. The maximum absolute atomic E-state index is 12.3. The maximum Gasteiger partial charge on any atom is 0.258 e. The maximum atomic E-state index is 12.3. The summed E-state index contributed by atoms with van der Waals surface area (Å²) in [4.78, 5) is 12.3. The molecule has 120 valence electrons. The van der Waals surface area contributed by atoms with Gasteiger partial charge in [-0.05, 0) is 12.8 Å². The smallest absolute Gasteiger partial charge is 0.258 e. The Labute approximate surface area is 133 Å². The third kappa shape index (κ3) is 3.84. The van der Waals surface area contributed by atoms with Crippen molar-refractivity contribution >= 4 is 5.78 Å². The molecule has 0 radical (unpaired) electrons. The van der Waals surface area contributed by atoms with Crippen molar-refractivity contribution in [3.63, 3.8) is 0 Å². The topological polar surface area (TPSA) is 44.8 Å². The predicted octanol–water partition coefficient (Wildman–Crippen LogP) is 2.83. The van der Waals surface area contributed by atoms with Crippen molar-refractivity contribution < 1.29 is 19.0 Å². The van der Waals surface area contributed by atoms with Gasteiger partial charge in [-0.15, -0.1) is 5.92 Å². The van der Waals surface area contributed by atoms with Crippen LogP contribution < -0.4 is 0 Å². The van der Waals surface area contributed by atoms with Crippen LogP contribution >= 0.6 is 0 Å². The zero-order valence-electron chi connectivity index (χ0n) is 13.9. The van der Waals surface area contributed by atoms with Crippen LogP contribution in [0.3, 0.4) is 0 Å². The molecule has 0 fully saturated rings. The van der Waals surface area contributed by atoms with Crippen molar-refractivity contribution in [3.8, 4) is 23.7 Å². The van der Waals surface area contributed by atoms with Crippen LogP contribution in [0, 0.1) is 23.7 Å². The number of hydrogen-bond acceptors (Lipinski definition) is 4. The van der Waals surface area contributed by atoms with Gasteiger partial charge >= 0.3 is 0 Å². The Hall–Kier alpha value is -1.91. The number of ether oxygens (including phenoxy) is 3. The molecule has 1 aliphatic carbocycles. The second kappa shape index (κ2) is 9.18. The van der Waals surface area contributed by atoms with E-state index in [0.717, 1.165) is 32.1 Å².